The predicted octanol–water partition coefficient (Wildman–Crippen LogP) is 1.79. The van der Waals surface area contributed by atoms with E-state index in [4.69, 9.17) is 4.52 Å². The van der Waals surface area contributed by atoms with Crippen LogP contribution in [0.4, 0.5) is 4.79 Å². The quantitative estimate of drug-likeness (QED) is 0.798. The third-order valence-electron chi connectivity index (χ3n) is 4.06. The van der Waals surface area contributed by atoms with Crippen LogP contribution in [0.25, 0.3) is 0 Å². The van der Waals surface area contributed by atoms with Gasteiger partial charge in [0.05, 0.1) is 18.2 Å². The Kier molecular flexibility index (Phi) is 4.29. The van der Waals surface area contributed by atoms with Crippen molar-refractivity contribution < 1.29 is 14.4 Å². The van der Waals surface area contributed by atoms with Gasteiger partial charge in [0.2, 0.25) is 5.89 Å². The Morgan fingerprint density at radius 3 is 2.96 bits per heavy atom. The number of aliphatic hydroxyl groups excluding tert-OH is 1. The van der Waals surface area contributed by atoms with E-state index in [9.17, 15) is 9.90 Å². The van der Waals surface area contributed by atoms with Gasteiger partial charge in [0.25, 0.3) is 0 Å². The number of hydrogen-bond acceptors (Lipinski definition) is 5. The van der Waals surface area contributed by atoms with Crippen molar-refractivity contribution in [2.24, 2.45) is 0 Å². The Balaban J connectivity index is 1.67. The fraction of sp³-hybridized carbons (Fsp3) is 0.438. The van der Waals surface area contributed by atoms with Crippen LogP contribution in [-0.2, 0) is 6.42 Å². The van der Waals surface area contributed by atoms with E-state index in [2.05, 4.69) is 20.8 Å². The molecular formula is C16H20N4O3. The third kappa shape index (κ3) is 3.19. The first kappa shape index (κ1) is 15.5. The van der Waals surface area contributed by atoms with Crippen LogP contribution in [-0.4, -0.2) is 27.4 Å². The van der Waals surface area contributed by atoms with Crippen molar-refractivity contribution in [2.75, 3.05) is 0 Å². The van der Waals surface area contributed by atoms with Crippen molar-refractivity contribution in [2.45, 2.75) is 44.9 Å². The van der Waals surface area contributed by atoms with Crippen molar-refractivity contribution >= 4 is 6.03 Å². The number of amides is 2. The molecule has 1 aromatic carbocycles. The number of aliphatic hydroxyl groups is 1. The number of aromatic nitrogens is 2. The molecule has 0 spiro atoms. The second-order valence-electron chi connectivity index (χ2n) is 5.70. The molecule has 0 saturated heterocycles. The molecule has 0 fully saturated rings. The van der Waals surface area contributed by atoms with Crippen molar-refractivity contribution in [1.29, 1.82) is 0 Å². The molecule has 0 bridgehead atoms. The summed E-state index contributed by atoms with van der Waals surface area (Å²) in [5.74, 6) is 0.910. The van der Waals surface area contributed by atoms with Crippen LogP contribution in [0.15, 0.2) is 28.8 Å². The molecule has 23 heavy (non-hydrogen) atoms. The number of nitrogens with one attached hydrogen (secondary N) is 2. The summed E-state index contributed by atoms with van der Waals surface area (Å²) in [6.07, 6.45) is 0.559. The summed E-state index contributed by atoms with van der Waals surface area (Å²) in [4.78, 5) is 16.4. The molecule has 3 atom stereocenters. The molecule has 3 rings (SSSR count). The second kappa shape index (κ2) is 6.37. The Labute approximate surface area is 134 Å². The fourth-order valence-electron chi connectivity index (χ4n) is 2.89. The zero-order valence-corrected chi connectivity index (χ0v) is 13.1. The van der Waals surface area contributed by atoms with Gasteiger partial charge in [-0.3, -0.25) is 0 Å². The summed E-state index contributed by atoms with van der Waals surface area (Å²) in [5.41, 5.74) is 2.02. The number of carbonyl (C=O) groups is 1. The number of aryl methyl sites for hydroxylation is 1. The van der Waals surface area contributed by atoms with Gasteiger partial charge in [0.1, 0.15) is 0 Å². The highest BCUT2D eigenvalue weighted by Gasteiger charge is 2.32. The summed E-state index contributed by atoms with van der Waals surface area (Å²) in [7, 11) is 0. The van der Waals surface area contributed by atoms with Crippen molar-refractivity contribution in [3.8, 4) is 0 Å². The Morgan fingerprint density at radius 1 is 1.48 bits per heavy atom. The van der Waals surface area contributed by atoms with Gasteiger partial charge in [-0.2, -0.15) is 4.98 Å². The van der Waals surface area contributed by atoms with Crippen LogP contribution < -0.4 is 10.6 Å². The lowest BCUT2D eigenvalue weighted by Crippen LogP contribution is -2.42. The summed E-state index contributed by atoms with van der Waals surface area (Å²) >= 11 is 0. The minimum atomic E-state index is -0.620. The van der Waals surface area contributed by atoms with Crippen LogP contribution in [0.5, 0.6) is 0 Å². The highest BCUT2D eigenvalue weighted by Crippen LogP contribution is 2.31. The van der Waals surface area contributed by atoms with E-state index in [0.717, 1.165) is 11.1 Å². The molecule has 2 aromatic rings. The number of urea groups is 1. The van der Waals surface area contributed by atoms with Gasteiger partial charge < -0.3 is 20.3 Å². The van der Waals surface area contributed by atoms with E-state index >= 15 is 0 Å². The van der Waals surface area contributed by atoms with Crippen LogP contribution in [0, 0.1) is 6.92 Å². The number of benzene rings is 1. The van der Waals surface area contributed by atoms with Gasteiger partial charge >= 0.3 is 6.03 Å². The van der Waals surface area contributed by atoms with E-state index in [1.54, 1.807) is 6.92 Å². The molecular weight excluding hydrogens is 296 g/mol. The summed E-state index contributed by atoms with van der Waals surface area (Å²) in [6.45, 7) is 3.63. The molecule has 3 unspecified atom stereocenters. The van der Waals surface area contributed by atoms with Crippen molar-refractivity contribution in [3.05, 3.63) is 47.1 Å². The first-order valence-electron chi connectivity index (χ1n) is 7.71. The van der Waals surface area contributed by atoms with Crippen LogP contribution >= 0.6 is 0 Å². The van der Waals surface area contributed by atoms with Gasteiger partial charge in [-0.05, 0) is 17.5 Å². The third-order valence-corrected chi connectivity index (χ3v) is 4.06. The summed E-state index contributed by atoms with van der Waals surface area (Å²) < 4.78 is 4.95. The predicted molar refractivity (Wildman–Crippen MR) is 82.6 cm³/mol. The highest BCUT2D eigenvalue weighted by atomic mass is 16.5. The fourth-order valence-corrected chi connectivity index (χ4v) is 2.89. The van der Waals surface area contributed by atoms with Crippen LogP contribution in [0.2, 0.25) is 0 Å². The van der Waals surface area contributed by atoms with Gasteiger partial charge in [-0.25, -0.2) is 4.79 Å². The van der Waals surface area contributed by atoms with E-state index < -0.39 is 12.1 Å². The smallest absolute Gasteiger partial charge is 0.315 e. The van der Waals surface area contributed by atoms with Gasteiger partial charge in [-0.15, -0.1) is 0 Å². The highest BCUT2D eigenvalue weighted by molar-refractivity contribution is 5.75. The molecule has 7 nitrogen and oxygen atoms in total. The monoisotopic (exact) mass is 316 g/mol. The topological polar surface area (TPSA) is 100 Å². The standard InChI is InChI=1S/C16H20N4O3/c1-3-12(15-17-9(2)23-20-15)18-16(22)19-14-11-7-5-4-6-10(11)8-13(14)21/h4-7,12-14,21H,3,8H2,1-2H3,(H2,18,19,22). The minimum absolute atomic E-state index is 0.332. The van der Waals surface area contributed by atoms with Gasteiger partial charge in [0.15, 0.2) is 5.82 Å². The van der Waals surface area contributed by atoms with Crippen molar-refractivity contribution in [3.63, 3.8) is 0 Å². The summed E-state index contributed by atoms with van der Waals surface area (Å²) in [5, 5.41) is 19.7. The number of nitrogens with zero attached hydrogens (tertiary/aromatic N) is 2. The van der Waals surface area contributed by atoms with Crippen LogP contribution in [0.3, 0.4) is 0 Å². The van der Waals surface area contributed by atoms with E-state index in [1.165, 1.54) is 0 Å². The number of fused-ring (bicyclic) bond motifs is 1. The molecule has 1 aliphatic rings. The molecule has 0 aliphatic heterocycles. The maximum Gasteiger partial charge on any atom is 0.315 e. The maximum atomic E-state index is 12.3. The molecule has 1 aromatic heterocycles. The molecule has 3 N–H and O–H groups in total. The Bertz CT molecular complexity index is 700. The van der Waals surface area contributed by atoms with E-state index in [-0.39, 0.29) is 12.1 Å². The molecule has 122 valence electrons. The zero-order valence-electron chi connectivity index (χ0n) is 13.1. The minimum Gasteiger partial charge on any atom is -0.390 e. The van der Waals surface area contributed by atoms with Crippen LogP contribution in [0.1, 0.15) is 48.3 Å². The second-order valence-corrected chi connectivity index (χ2v) is 5.70. The molecule has 0 saturated carbocycles. The number of rotatable bonds is 4. The molecule has 1 heterocycles. The first-order chi connectivity index (χ1) is 11.1. The molecule has 2 amide bonds. The molecule has 0 radical (unpaired) electrons. The van der Waals surface area contributed by atoms with Gasteiger partial charge in [0, 0.05) is 13.3 Å². The lowest BCUT2D eigenvalue weighted by atomic mass is 10.1. The average Bonchev–Trinajstić information content (AvgIpc) is 3.09. The Morgan fingerprint density at radius 2 is 2.26 bits per heavy atom. The van der Waals surface area contributed by atoms with E-state index in [0.29, 0.717) is 24.6 Å². The van der Waals surface area contributed by atoms with Crippen molar-refractivity contribution in [1.82, 2.24) is 20.8 Å². The van der Waals surface area contributed by atoms with Gasteiger partial charge in [-0.1, -0.05) is 36.3 Å². The SMILES string of the molecule is CCC(NC(=O)NC1c2ccccc2CC1O)c1noc(C)n1. The summed E-state index contributed by atoms with van der Waals surface area (Å²) in [6, 6.07) is 6.63. The normalized spacial score (nSPS) is 20.8. The maximum absolute atomic E-state index is 12.3. The molecule has 7 heteroatoms. The number of carbonyl (C=O) groups excluding carboxylic acids is 1. The number of hydrogen-bond donors (Lipinski definition) is 3. The first-order valence-corrected chi connectivity index (χ1v) is 7.71. The zero-order chi connectivity index (χ0) is 16.4. The lowest BCUT2D eigenvalue weighted by Gasteiger charge is -2.20. The Hall–Kier alpha value is -2.41. The molecule has 1 aliphatic carbocycles. The largest absolute Gasteiger partial charge is 0.390 e. The average molecular weight is 316 g/mol. The lowest BCUT2D eigenvalue weighted by molar-refractivity contribution is 0.141. The van der Waals surface area contributed by atoms with E-state index in [1.807, 2.05) is 31.2 Å².